The van der Waals surface area contributed by atoms with Gasteiger partial charge in [-0.15, -0.1) is 0 Å². The van der Waals surface area contributed by atoms with Crippen LogP contribution in [0.1, 0.15) is 30.9 Å². The predicted octanol–water partition coefficient (Wildman–Crippen LogP) is 5.08. The van der Waals surface area contributed by atoms with Crippen LogP contribution in [-0.4, -0.2) is 30.6 Å². The van der Waals surface area contributed by atoms with Crippen LogP contribution in [-0.2, 0) is 0 Å². The van der Waals surface area contributed by atoms with Crippen molar-refractivity contribution in [1.29, 1.82) is 0 Å². The Labute approximate surface area is 154 Å². The van der Waals surface area contributed by atoms with Gasteiger partial charge in [0.1, 0.15) is 11.5 Å². The molecule has 2 bridgehead atoms. The van der Waals surface area contributed by atoms with E-state index in [1.54, 1.807) is 6.26 Å². The average molecular weight is 347 g/mol. The van der Waals surface area contributed by atoms with Gasteiger partial charge < -0.3 is 14.1 Å². The molecule has 0 amide bonds. The summed E-state index contributed by atoms with van der Waals surface area (Å²) in [5, 5.41) is 2.42. The number of hydrogen-bond acceptors (Lipinski definition) is 3. The highest BCUT2D eigenvalue weighted by Crippen LogP contribution is 2.46. The first kappa shape index (κ1) is 16.0. The molecule has 1 aromatic heterocycles. The number of piperidine rings is 1. The van der Waals surface area contributed by atoms with Gasteiger partial charge in [0.25, 0.3) is 0 Å². The second-order valence-corrected chi connectivity index (χ2v) is 7.77. The van der Waals surface area contributed by atoms with Gasteiger partial charge in [0.15, 0.2) is 0 Å². The van der Waals surface area contributed by atoms with E-state index < -0.39 is 0 Å². The summed E-state index contributed by atoms with van der Waals surface area (Å²) in [6.07, 6.45) is 5.54. The van der Waals surface area contributed by atoms with E-state index in [2.05, 4.69) is 60.5 Å². The number of hydrogen-bond donors (Lipinski definition) is 0. The molecule has 134 valence electrons. The third-order valence-electron chi connectivity index (χ3n) is 6.52. The summed E-state index contributed by atoms with van der Waals surface area (Å²) in [5.74, 6) is 3.03. The van der Waals surface area contributed by atoms with E-state index in [0.717, 1.165) is 18.1 Å². The van der Waals surface area contributed by atoms with Gasteiger partial charge in [-0.25, -0.2) is 0 Å². The second-order valence-electron chi connectivity index (χ2n) is 7.77. The first-order chi connectivity index (χ1) is 12.8. The molecule has 3 heteroatoms. The Morgan fingerprint density at radius 2 is 1.92 bits per heavy atom. The molecule has 0 N–H and O–H groups in total. The number of benzene rings is 2. The Morgan fingerprint density at radius 3 is 2.81 bits per heavy atom. The van der Waals surface area contributed by atoms with Crippen molar-refractivity contribution in [2.45, 2.75) is 37.3 Å². The Hall–Kier alpha value is -2.26. The average Bonchev–Trinajstić information content (AvgIpc) is 3.28. The van der Waals surface area contributed by atoms with Crippen molar-refractivity contribution in [3.8, 4) is 5.75 Å². The first-order valence-corrected chi connectivity index (χ1v) is 9.67. The monoisotopic (exact) mass is 347 g/mol. The van der Waals surface area contributed by atoms with Crippen LogP contribution in [0.25, 0.3) is 10.8 Å². The lowest BCUT2D eigenvalue weighted by Crippen LogP contribution is -2.47. The van der Waals surface area contributed by atoms with Gasteiger partial charge in [-0.2, -0.15) is 0 Å². The minimum atomic E-state index is 0.452. The molecule has 3 aromatic rings. The minimum absolute atomic E-state index is 0.452. The topological polar surface area (TPSA) is 25.6 Å². The summed E-state index contributed by atoms with van der Waals surface area (Å²) in [5.41, 5.74) is 0. The maximum atomic E-state index is 6.42. The SMILES string of the molecule is CN1C2CCC1[C@@H](COc1cccc3ccccc13)[C@H](c1ccco1)C2. The number of rotatable bonds is 4. The van der Waals surface area contributed by atoms with Gasteiger partial charge in [-0.3, -0.25) is 0 Å². The molecule has 2 aliphatic heterocycles. The van der Waals surface area contributed by atoms with Crippen LogP contribution in [0, 0.1) is 5.92 Å². The molecule has 2 aromatic carbocycles. The van der Waals surface area contributed by atoms with Crippen molar-refractivity contribution in [1.82, 2.24) is 4.90 Å². The summed E-state index contributed by atoms with van der Waals surface area (Å²) < 4.78 is 12.2. The van der Waals surface area contributed by atoms with Crippen LogP contribution >= 0.6 is 0 Å². The maximum Gasteiger partial charge on any atom is 0.127 e. The van der Waals surface area contributed by atoms with Gasteiger partial charge in [0.2, 0.25) is 0 Å². The smallest absolute Gasteiger partial charge is 0.127 e. The van der Waals surface area contributed by atoms with Gasteiger partial charge in [-0.05, 0) is 49.9 Å². The van der Waals surface area contributed by atoms with Gasteiger partial charge >= 0.3 is 0 Å². The first-order valence-electron chi connectivity index (χ1n) is 9.67. The van der Waals surface area contributed by atoms with Crippen molar-refractivity contribution in [2.24, 2.45) is 5.92 Å². The van der Waals surface area contributed by atoms with Gasteiger partial charge in [0, 0.05) is 29.3 Å². The number of nitrogens with zero attached hydrogens (tertiary/aromatic N) is 1. The van der Waals surface area contributed by atoms with E-state index in [1.807, 2.05) is 6.07 Å². The van der Waals surface area contributed by atoms with E-state index in [9.17, 15) is 0 Å². The molecular formula is C23H25NO2. The number of ether oxygens (including phenoxy) is 1. The highest BCUT2D eigenvalue weighted by molar-refractivity contribution is 5.88. The summed E-state index contributed by atoms with van der Waals surface area (Å²) >= 11 is 0. The second kappa shape index (κ2) is 6.48. The highest BCUT2D eigenvalue weighted by atomic mass is 16.5. The molecule has 3 nitrogen and oxygen atoms in total. The third-order valence-corrected chi connectivity index (χ3v) is 6.52. The Balaban J connectivity index is 1.43. The van der Waals surface area contributed by atoms with E-state index in [-0.39, 0.29) is 0 Å². The molecule has 2 fully saturated rings. The molecule has 26 heavy (non-hydrogen) atoms. The number of furan rings is 1. The lowest BCUT2D eigenvalue weighted by atomic mass is 9.79. The standard InChI is InChI=1S/C23H25NO2/c1-24-17-11-12-21(24)20(19(14-17)23-10-5-13-25-23)15-26-22-9-4-7-16-6-2-3-8-18(16)22/h2-10,13,17,19-21H,11-12,14-15H2,1H3/t17?,19-,20+,21?/m1/s1. The van der Waals surface area contributed by atoms with Crippen LogP contribution in [0.5, 0.6) is 5.75 Å². The zero-order valence-corrected chi connectivity index (χ0v) is 15.2. The van der Waals surface area contributed by atoms with Gasteiger partial charge in [0.05, 0.1) is 12.9 Å². The van der Waals surface area contributed by atoms with E-state index >= 15 is 0 Å². The lowest BCUT2D eigenvalue weighted by Gasteiger charge is -2.42. The molecule has 5 rings (SSSR count). The quantitative estimate of drug-likeness (QED) is 0.658. The summed E-state index contributed by atoms with van der Waals surface area (Å²) in [4.78, 5) is 2.58. The van der Waals surface area contributed by atoms with Crippen molar-refractivity contribution in [3.63, 3.8) is 0 Å². The Morgan fingerprint density at radius 1 is 1.04 bits per heavy atom. The summed E-state index contributed by atoms with van der Waals surface area (Å²) in [7, 11) is 2.28. The molecule has 2 unspecified atom stereocenters. The predicted molar refractivity (Wildman–Crippen MR) is 104 cm³/mol. The molecule has 0 spiro atoms. The third kappa shape index (κ3) is 2.62. The molecular weight excluding hydrogens is 322 g/mol. The summed E-state index contributed by atoms with van der Waals surface area (Å²) in [6.45, 7) is 0.737. The molecule has 4 atom stereocenters. The molecule has 2 saturated heterocycles. The van der Waals surface area contributed by atoms with Crippen LogP contribution in [0.15, 0.2) is 65.3 Å². The fourth-order valence-electron chi connectivity index (χ4n) is 5.14. The van der Waals surface area contributed by atoms with Crippen molar-refractivity contribution in [2.75, 3.05) is 13.7 Å². The van der Waals surface area contributed by atoms with Crippen LogP contribution in [0.4, 0.5) is 0 Å². The van der Waals surface area contributed by atoms with Crippen LogP contribution in [0.3, 0.4) is 0 Å². The van der Waals surface area contributed by atoms with Crippen LogP contribution in [0.2, 0.25) is 0 Å². The van der Waals surface area contributed by atoms with Crippen molar-refractivity contribution >= 4 is 10.8 Å². The van der Waals surface area contributed by atoms with Crippen molar-refractivity contribution in [3.05, 3.63) is 66.6 Å². The largest absolute Gasteiger partial charge is 0.493 e. The fourth-order valence-corrected chi connectivity index (χ4v) is 5.14. The molecule has 0 aliphatic carbocycles. The molecule has 2 aliphatic rings. The summed E-state index contributed by atoms with van der Waals surface area (Å²) in [6, 6.07) is 20.2. The Bertz CT molecular complexity index is 883. The van der Waals surface area contributed by atoms with Crippen LogP contribution < -0.4 is 4.74 Å². The molecule has 0 radical (unpaired) electrons. The zero-order chi connectivity index (χ0) is 17.5. The van der Waals surface area contributed by atoms with E-state index in [1.165, 1.54) is 30.0 Å². The molecule has 0 saturated carbocycles. The van der Waals surface area contributed by atoms with E-state index in [0.29, 0.717) is 23.9 Å². The lowest BCUT2D eigenvalue weighted by molar-refractivity contribution is 0.0600. The normalized spacial score (nSPS) is 28.5. The number of fused-ring (bicyclic) bond motifs is 3. The zero-order valence-electron chi connectivity index (χ0n) is 15.2. The Kier molecular flexibility index (Phi) is 3.97. The van der Waals surface area contributed by atoms with E-state index in [4.69, 9.17) is 9.15 Å². The highest BCUT2D eigenvalue weighted by Gasteiger charge is 2.47. The fraction of sp³-hybridized carbons (Fsp3) is 0.391. The maximum absolute atomic E-state index is 6.42. The van der Waals surface area contributed by atoms with Gasteiger partial charge in [-0.1, -0.05) is 36.4 Å². The van der Waals surface area contributed by atoms with Crippen molar-refractivity contribution < 1.29 is 9.15 Å². The molecule has 3 heterocycles. The minimum Gasteiger partial charge on any atom is -0.493 e.